The number of benzene rings is 1. The van der Waals surface area contributed by atoms with Crippen LogP contribution in [0.25, 0.3) is 0 Å². The summed E-state index contributed by atoms with van der Waals surface area (Å²) < 4.78 is 9.98. The summed E-state index contributed by atoms with van der Waals surface area (Å²) in [6, 6.07) is 3.28. The summed E-state index contributed by atoms with van der Waals surface area (Å²) in [6.45, 7) is 1.79. The fourth-order valence-corrected chi connectivity index (χ4v) is 0.978. The molecular weight excluding hydrogens is 156 g/mol. The maximum atomic E-state index is 9.38. The number of hydrogen-bond acceptors (Lipinski definition) is 3. The lowest BCUT2D eigenvalue weighted by Gasteiger charge is -2.08. The Balaban J connectivity index is 3.19. The van der Waals surface area contributed by atoms with Crippen LogP contribution in [0.4, 0.5) is 0 Å². The minimum atomic E-state index is 0.186. The van der Waals surface area contributed by atoms with Gasteiger partial charge in [-0.15, -0.1) is 0 Å². The zero-order chi connectivity index (χ0) is 9.14. The van der Waals surface area contributed by atoms with E-state index in [1.165, 1.54) is 0 Å². The topological polar surface area (TPSA) is 38.7 Å². The number of methoxy groups -OCH3 is 2. The molecule has 0 saturated heterocycles. The molecule has 0 aliphatic rings. The summed E-state index contributed by atoms with van der Waals surface area (Å²) in [5, 5.41) is 9.38. The third-order valence-electron chi connectivity index (χ3n) is 1.76. The Morgan fingerprint density at radius 3 is 2.33 bits per heavy atom. The standard InChI is InChI=1S/C9H12O3/c1-6-8(10)4-7(11-2)5-9(6)12-3/h4-5,10H,1-3H3. The molecule has 0 radical (unpaired) electrons. The van der Waals surface area contributed by atoms with Crippen molar-refractivity contribution in [2.45, 2.75) is 6.92 Å². The number of aromatic hydroxyl groups is 1. The average Bonchev–Trinajstić information content (AvgIpc) is 2.09. The number of hydrogen-bond donors (Lipinski definition) is 1. The van der Waals surface area contributed by atoms with Gasteiger partial charge in [0.1, 0.15) is 17.2 Å². The summed E-state index contributed by atoms with van der Waals surface area (Å²) in [5.41, 5.74) is 0.721. The maximum absolute atomic E-state index is 9.38. The molecule has 0 aromatic heterocycles. The minimum absolute atomic E-state index is 0.186. The second kappa shape index (κ2) is 3.34. The van der Waals surface area contributed by atoms with E-state index in [0.717, 1.165) is 5.56 Å². The van der Waals surface area contributed by atoms with Crippen LogP contribution in [0.15, 0.2) is 12.1 Å². The molecule has 0 unspecified atom stereocenters. The van der Waals surface area contributed by atoms with Crippen molar-refractivity contribution in [2.75, 3.05) is 14.2 Å². The Labute approximate surface area is 71.5 Å². The van der Waals surface area contributed by atoms with Crippen LogP contribution in [0.5, 0.6) is 17.2 Å². The molecule has 1 N–H and O–H groups in total. The van der Waals surface area contributed by atoms with Gasteiger partial charge in [0.2, 0.25) is 0 Å². The Morgan fingerprint density at radius 1 is 1.17 bits per heavy atom. The van der Waals surface area contributed by atoms with Crippen molar-refractivity contribution < 1.29 is 14.6 Å². The molecule has 0 amide bonds. The van der Waals surface area contributed by atoms with E-state index in [1.807, 2.05) is 0 Å². The molecule has 1 rings (SSSR count). The van der Waals surface area contributed by atoms with Crippen molar-refractivity contribution >= 4 is 0 Å². The van der Waals surface area contributed by atoms with Crippen molar-refractivity contribution in [3.05, 3.63) is 17.7 Å². The number of phenolic OH excluding ortho intramolecular Hbond substituents is 1. The third-order valence-corrected chi connectivity index (χ3v) is 1.76. The molecule has 0 saturated carbocycles. The molecule has 66 valence electrons. The van der Waals surface area contributed by atoms with E-state index in [0.29, 0.717) is 11.5 Å². The maximum Gasteiger partial charge on any atom is 0.129 e. The Hall–Kier alpha value is -1.38. The van der Waals surface area contributed by atoms with Crippen molar-refractivity contribution in [3.63, 3.8) is 0 Å². The van der Waals surface area contributed by atoms with E-state index in [4.69, 9.17) is 9.47 Å². The van der Waals surface area contributed by atoms with Gasteiger partial charge in [-0.2, -0.15) is 0 Å². The number of ether oxygens (including phenoxy) is 2. The van der Waals surface area contributed by atoms with Crippen LogP contribution >= 0.6 is 0 Å². The highest BCUT2D eigenvalue weighted by Gasteiger charge is 2.06. The van der Waals surface area contributed by atoms with Crippen molar-refractivity contribution in [1.29, 1.82) is 0 Å². The van der Waals surface area contributed by atoms with Gasteiger partial charge in [-0.3, -0.25) is 0 Å². The van der Waals surface area contributed by atoms with Gasteiger partial charge in [0.25, 0.3) is 0 Å². The van der Waals surface area contributed by atoms with E-state index < -0.39 is 0 Å². The molecule has 1 aromatic carbocycles. The molecule has 0 fully saturated rings. The van der Waals surface area contributed by atoms with Crippen LogP contribution in [-0.4, -0.2) is 19.3 Å². The zero-order valence-corrected chi connectivity index (χ0v) is 7.42. The quantitative estimate of drug-likeness (QED) is 0.730. The lowest BCUT2D eigenvalue weighted by molar-refractivity contribution is 0.381. The van der Waals surface area contributed by atoms with Crippen LogP contribution in [0.3, 0.4) is 0 Å². The molecule has 3 heteroatoms. The fraction of sp³-hybridized carbons (Fsp3) is 0.333. The largest absolute Gasteiger partial charge is 0.507 e. The normalized spacial score (nSPS) is 9.58. The molecule has 0 heterocycles. The Kier molecular flexibility index (Phi) is 2.43. The molecule has 12 heavy (non-hydrogen) atoms. The summed E-state index contributed by atoms with van der Waals surface area (Å²) in [6.07, 6.45) is 0. The molecule has 0 aliphatic heterocycles. The Bertz CT molecular complexity index is 281. The van der Waals surface area contributed by atoms with Gasteiger partial charge in [0.05, 0.1) is 14.2 Å². The average molecular weight is 168 g/mol. The lowest BCUT2D eigenvalue weighted by atomic mass is 10.2. The smallest absolute Gasteiger partial charge is 0.129 e. The van der Waals surface area contributed by atoms with Crippen molar-refractivity contribution in [2.24, 2.45) is 0 Å². The molecular formula is C9H12O3. The molecule has 3 nitrogen and oxygen atoms in total. The zero-order valence-electron chi connectivity index (χ0n) is 7.42. The second-order valence-electron chi connectivity index (χ2n) is 2.47. The second-order valence-corrected chi connectivity index (χ2v) is 2.47. The highest BCUT2D eigenvalue weighted by Crippen LogP contribution is 2.31. The lowest BCUT2D eigenvalue weighted by Crippen LogP contribution is -1.90. The van der Waals surface area contributed by atoms with Gasteiger partial charge >= 0.3 is 0 Å². The molecule has 1 aromatic rings. The van der Waals surface area contributed by atoms with Gasteiger partial charge in [0, 0.05) is 17.7 Å². The first-order chi connectivity index (χ1) is 5.69. The van der Waals surface area contributed by atoms with E-state index in [9.17, 15) is 5.11 Å². The van der Waals surface area contributed by atoms with Crippen LogP contribution in [-0.2, 0) is 0 Å². The summed E-state index contributed by atoms with van der Waals surface area (Å²) >= 11 is 0. The Morgan fingerprint density at radius 2 is 1.83 bits per heavy atom. The predicted octanol–water partition coefficient (Wildman–Crippen LogP) is 1.72. The number of rotatable bonds is 2. The first-order valence-electron chi connectivity index (χ1n) is 3.60. The highest BCUT2D eigenvalue weighted by molar-refractivity contribution is 5.48. The fourth-order valence-electron chi connectivity index (χ4n) is 0.978. The van der Waals surface area contributed by atoms with Crippen LogP contribution in [0.2, 0.25) is 0 Å². The van der Waals surface area contributed by atoms with Crippen molar-refractivity contribution in [3.8, 4) is 17.2 Å². The van der Waals surface area contributed by atoms with E-state index in [2.05, 4.69) is 0 Å². The minimum Gasteiger partial charge on any atom is -0.507 e. The van der Waals surface area contributed by atoms with Crippen LogP contribution < -0.4 is 9.47 Å². The number of phenols is 1. The molecule has 0 atom stereocenters. The van der Waals surface area contributed by atoms with Gasteiger partial charge in [-0.05, 0) is 6.92 Å². The first kappa shape index (κ1) is 8.71. The molecule has 0 aliphatic carbocycles. The van der Waals surface area contributed by atoms with Gasteiger partial charge in [-0.25, -0.2) is 0 Å². The van der Waals surface area contributed by atoms with Gasteiger partial charge < -0.3 is 14.6 Å². The van der Waals surface area contributed by atoms with Gasteiger partial charge in [0.15, 0.2) is 0 Å². The van der Waals surface area contributed by atoms with Crippen molar-refractivity contribution in [1.82, 2.24) is 0 Å². The summed E-state index contributed by atoms with van der Waals surface area (Å²) in [5.74, 6) is 1.41. The monoisotopic (exact) mass is 168 g/mol. The van der Waals surface area contributed by atoms with Gasteiger partial charge in [-0.1, -0.05) is 0 Å². The SMILES string of the molecule is COc1cc(O)c(C)c(OC)c1. The van der Waals surface area contributed by atoms with E-state index >= 15 is 0 Å². The van der Waals surface area contributed by atoms with E-state index in [-0.39, 0.29) is 5.75 Å². The van der Waals surface area contributed by atoms with Crippen LogP contribution in [0, 0.1) is 6.92 Å². The first-order valence-corrected chi connectivity index (χ1v) is 3.60. The predicted molar refractivity (Wildman–Crippen MR) is 45.9 cm³/mol. The highest BCUT2D eigenvalue weighted by atomic mass is 16.5. The van der Waals surface area contributed by atoms with E-state index in [1.54, 1.807) is 33.3 Å². The molecule has 0 spiro atoms. The third kappa shape index (κ3) is 1.44. The summed E-state index contributed by atoms with van der Waals surface area (Å²) in [4.78, 5) is 0. The van der Waals surface area contributed by atoms with Crippen LogP contribution in [0.1, 0.15) is 5.56 Å². The summed E-state index contributed by atoms with van der Waals surface area (Å²) in [7, 11) is 3.10. The molecule has 0 bridgehead atoms.